The Morgan fingerprint density at radius 2 is 1.81 bits per heavy atom. The van der Waals surface area contributed by atoms with Gasteiger partial charge in [-0.25, -0.2) is 0 Å². The van der Waals surface area contributed by atoms with Crippen LogP contribution in [0.4, 0.5) is 11.4 Å². The monoisotopic (exact) mass is 282 g/mol. The fraction of sp³-hybridized carbons (Fsp3) is 0.278. The second kappa shape index (κ2) is 6.93. The van der Waals surface area contributed by atoms with Gasteiger partial charge in [0.25, 0.3) is 0 Å². The summed E-state index contributed by atoms with van der Waals surface area (Å²) in [6, 6.07) is 16.6. The van der Waals surface area contributed by atoms with Crippen LogP contribution in [0, 0.1) is 0 Å². The van der Waals surface area contributed by atoms with Crippen molar-refractivity contribution in [2.75, 3.05) is 10.6 Å². The third kappa shape index (κ3) is 4.35. The van der Waals surface area contributed by atoms with Gasteiger partial charge in [0.05, 0.1) is 0 Å². The highest BCUT2D eigenvalue weighted by molar-refractivity contribution is 5.88. The maximum Gasteiger partial charge on any atom is 0.221 e. The van der Waals surface area contributed by atoms with Gasteiger partial charge in [0.15, 0.2) is 0 Å². The third-order valence-electron chi connectivity index (χ3n) is 3.45. The number of benzene rings is 2. The van der Waals surface area contributed by atoms with Gasteiger partial charge in [0.1, 0.15) is 0 Å². The Hall–Kier alpha value is -2.29. The number of hydrogen-bond donors (Lipinski definition) is 2. The zero-order chi connectivity index (χ0) is 15.2. The van der Waals surface area contributed by atoms with Gasteiger partial charge in [-0.1, -0.05) is 31.2 Å². The number of aryl methyl sites for hydroxylation is 1. The van der Waals surface area contributed by atoms with Gasteiger partial charge in [-0.3, -0.25) is 4.79 Å². The third-order valence-corrected chi connectivity index (χ3v) is 3.45. The minimum atomic E-state index is -0.0529. The van der Waals surface area contributed by atoms with E-state index in [-0.39, 0.29) is 11.9 Å². The Morgan fingerprint density at radius 1 is 1.10 bits per heavy atom. The molecular formula is C18H22N2O. The van der Waals surface area contributed by atoms with Crippen molar-refractivity contribution in [3.63, 3.8) is 0 Å². The summed E-state index contributed by atoms with van der Waals surface area (Å²) in [5.74, 6) is -0.0529. The van der Waals surface area contributed by atoms with Crippen molar-refractivity contribution in [2.24, 2.45) is 0 Å². The largest absolute Gasteiger partial charge is 0.379 e. The van der Waals surface area contributed by atoms with E-state index in [4.69, 9.17) is 0 Å². The Balaban J connectivity index is 2.08. The molecule has 2 rings (SSSR count). The highest BCUT2D eigenvalue weighted by Gasteiger charge is 2.06. The second-order valence-electron chi connectivity index (χ2n) is 5.22. The normalized spacial score (nSPS) is 11.8. The lowest BCUT2D eigenvalue weighted by Crippen LogP contribution is -2.09. The summed E-state index contributed by atoms with van der Waals surface area (Å²) in [5.41, 5.74) is 4.40. The molecule has 1 amide bonds. The van der Waals surface area contributed by atoms with Crippen molar-refractivity contribution in [3.8, 4) is 0 Å². The van der Waals surface area contributed by atoms with E-state index in [9.17, 15) is 4.79 Å². The lowest BCUT2D eigenvalue weighted by molar-refractivity contribution is -0.114. The average Bonchev–Trinajstić information content (AvgIpc) is 2.47. The van der Waals surface area contributed by atoms with Crippen LogP contribution in [-0.4, -0.2) is 5.91 Å². The van der Waals surface area contributed by atoms with E-state index in [1.54, 1.807) is 0 Å². The van der Waals surface area contributed by atoms with Crippen LogP contribution in [0.5, 0.6) is 0 Å². The Bertz CT molecular complexity index is 605. The number of nitrogens with one attached hydrogen (secondary N) is 2. The number of rotatable bonds is 5. The van der Waals surface area contributed by atoms with Crippen molar-refractivity contribution in [1.82, 2.24) is 0 Å². The molecule has 0 aromatic heterocycles. The number of carbonyl (C=O) groups is 1. The molecule has 0 bridgehead atoms. The zero-order valence-corrected chi connectivity index (χ0v) is 12.8. The molecule has 1 atom stereocenters. The van der Waals surface area contributed by atoms with Crippen LogP contribution in [0.3, 0.4) is 0 Å². The maximum atomic E-state index is 11.1. The van der Waals surface area contributed by atoms with E-state index in [0.717, 1.165) is 23.4 Å². The van der Waals surface area contributed by atoms with Crippen molar-refractivity contribution < 1.29 is 4.79 Å². The topological polar surface area (TPSA) is 41.1 Å². The fourth-order valence-corrected chi connectivity index (χ4v) is 2.26. The first-order valence-electron chi connectivity index (χ1n) is 7.31. The fourth-order valence-electron chi connectivity index (χ4n) is 2.26. The SMILES string of the molecule is CCc1ccc(NC(C)c2cccc(NC(C)=O)c2)cc1. The average molecular weight is 282 g/mol. The summed E-state index contributed by atoms with van der Waals surface area (Å²) in [6.45, 7) is 5.78. The molecule has 0 fully saturated rings. The summed E-state index contributed by atoms with van der Waals surface area (Å²) in [4.78, 5) is 11.1. The van der Waals surface area contributed by atoms with Crippen LogP contribution in [-0.2, 0) is 11.2 Å². The standard InChI is InChI=1S/C18H22N2O/c1-4-15-8-10-17(11-9-15)19-13(2)16-6-5-7-18(12-16)20-14(3)21/h5-13,19H,4H2,1-3H3,(H,20,21). The summed E-state index contributed by atoms with van der Waals surface area (Å²) in [5, 5.41) is 6.29. The molecule has 0 saturated heterocycles. The summed E-state index contributed by atoms with van der Waals surface area (Å²) in [6.07, 6.45) is 1.05. The lowest BCUT2D eigenvalue weighted by Gasteiger charge is -2.17. The molecule has 110 valence electrons. The zero-order valence-electron chi connectivity index (χ0n) is 12.8. The van der Waals surface area contributed by atoms with Gasteiger partial charge in [-0.05, 0) is 48.7 Å². The molecule has 0 radical (unpaired) electrons. The predicted octanol–water partition coefficient (Wildman–Crippen LogP) is 4.38. The Kier molecular flexibility index (Phi) is 4.99. The lowest BCUT2D eigenvalue weighted by atomic mass is 10.1. The molecule has 2 N–H and O–H groups in total. The molecule has 0 aliphatic carbocycles. The molecule has 3 heteroatoms. The summed E-state index contributed by atoms with van der Waals surface area (Å²) in [7, 11) is 0. The first-order chi connectivity index (χ1) is 10.1. The van der Waals surface area contributed by atoms with Crippen LogP contribution < -0.4 is 10.6 Å². The van der Waals surface area contributed by atoms with Crippen molar-refractivity contribution in [1.29, 1.82) is 0 Å². The van der Waals surface area contributed by atoms with Crippen LogP contribution in [0.15, 0.2) is 48.5 Å². The number of anilines is 2. The molecule has 0 saturated carbocycles. The maximum absolute atomic E-state index is 11.1. The molecule has 2 aromatic rings. The first kappa shape index (κ1) is 15.1. The van der Waals surface area contributed by atoms with Crippen molar-refractivity contribution >= 4 is 17.3 Å². The number of hydrogen-bond acceptors (Lipinski definition) is 2. The molecule has 3 nitrogen and oxygen atoms in total. The molecular weight excluding hydrogens is 260 g/mol. The molecule has 0 spiro atoms. The van der Waals surface area contributed by atoms with Gasteiger partial charge < -0.3 is 10.6 Å². The molecule has 0 aliphatic rings. The highest BCUT2D eigenvalue weighted by atomic mass is 16.1. The quantitative estimate of drug-likeness (QED) is 0.854. The van der Waals surface area contributed by atoms with Gasteiger partial charge >= 0.3 is 0 Å². The summed E-state index contributed by atoms with van der Waals surface area (Å²) >= 11 is 0. The molecule has 1 unspecified atom stereocenters. The van der Waals surface area contributed by atoms with E-state index in [1.807, 2.05) is 18.2 Å². The van der Waals surface area contributed by atoms with Crippen LogP contribution in [0.25, 0.3) is 0 Å². The molecule has 2 aromatic carbocycles. The molecule has 0 aliphatic heterocycles. The second-order valence-corrected chi connectivity index (χ2v) is 5.22. The van der Waals surface area contributed by atoms with E-state index >= 15 is 0 Å². The van der Waals surface area contributed by atoms with Gasteiger partial charge in [-0.2, -0.15) is 0 Å². The number of carbonyl (C=O) groups excluding carboxylic acids is 1. The predicted molar refractivity (Wildman–Crippen MR) is 88.6 cm³/mol. The van der Waals surface area contributed by atoms with Crippen molar-refractivity contribution in [2.45, 2.75) is 33.2 Å². The van der Waals surface area contributed by atoms with Crippen LogP contribution >= 0.6 is 0 Å². The first-order valence-corrected chi connectivity index (χ1v) is 7.31. The smallest absolute Gasteiger partial charge is 0.221 e. The summed E-state index contributed by atoms with van der Waals surface area (Å²) < 4.78 is 0. The Labute approximate surface area is 126 Å². The van der Waals surface area contributed by atoms with E-state index in [0.29, 0.717) is 0 Å². The number of amides is 1. The highest BCUT2D eigenvalue weighted by Crippen LogP contribution is 2.22. The minimum Gasteiger partial charge on any atom is -0.379 e. The van der Waals surface area contributed by atoms with Crippen molar-refractivity contribution in [3.05, 3.63) is 59.7 Å². The van der Waals surface area contributed by atoms with E-state index in [2.05, 4.69) is 54.8 Å². The van der Waals surface area contributed by atoms with Gasteiger partial charge in [0, 0.05) is 24.3 Å². The van der Waals surface area contributed by atoms with Gasteiger partial charge in [0.2, 0.25) is 5.91 Å². The molecule has 0 heterocycles. The van der Waals surface area contributed by atoms with E-state index in [1.165, 1.54) is 12.5 Å². The minimum absolute atomic E-state index is 0.0529. The molecule has 21 heavy (non-hydrogen) atoms. The van der Waals surface area contributed by atoms with Crippen LogP contribution in [0.1, 0.15) is 37.9 Å². The van der Waals surface area contributed by atoms with Crippen LogP contribution in [0.2, 0.25) is 0 Å². The Morgan fingerprint density at radius 3 is 2.43 bits per heavy atom. The van der Waals surface area contributed by atoms with Gasteiger partial charge in [-0.15, -0.1) is 0 Å². The van der Waals surface area contributed by atoms with E-state index < -0.39 is 0 Å².